The first kappa shape index (κ1) is 23.3. The first-order valence-electron chi connectivity index (χ1n) is 9.58. The van der Waals surface area contributed by atoms with Crippen molar-refractivity contribution in [2.24, 2.45) is 4.99 Å². The van der Waals surface area contributed by atoms with E-state index >= 15 is 0 Å². The van der Waals surface area contributed by atoms with Crippen molar-refractivity contribution >= 4 is 41.3 Å². The van der Waals surface area contributed by atoms with Gasteiger partial charge in [0.1, 0.15) is 6.26 Å². The van der Waals surface area contributed by atoms with Gasteiger partial charge in [-0.15, -0.1) is 35.3 Å². The highest BCUT2D eigenvalue weighted by atomic mass is 127. The van der Waals surface area contributed by atoms with Crippen molar-refractivity contribution in [1.29, 1.82) is 0 Å². The van der Waals surface area contributed by atoms with Gasteiger partial charge in [-0.1, -0.05) is 17.7 Å². The predicted molar refractivity (Wildman–Crippen MR) is 130 cm³/mol. The molecule has 0 unspecified atom stereocenters. The average molecular weight is 525 g/mol. The lowest BCUT2D eigenvalue weighted by Crippen LogP contribution is -2.38. The van der Waals surface area contributed by atoms with Crippen molar-refractivity contribution in [1.82, 2.24) is 20.6 Å². The van der Waals surface area contributed by atoms with Crippen LogP contribution in [0.2, 0.25) is 0 Å². The second kappa shape index (κ2) is 11.9. The number of aliphatic imine (C=N–C) groups is 1. The highest BCUT2D eigenvalue weighted by Crippen LogP contribution is 2.19. The van der Waals surface area contributed by atoms with Crippen molar-refractivity contribution in [2.45, 2.75) is 33.6 Å². The van der Waals surface area contributed by atoms with Crippen LogP contribution in [-0.2, 0) is 12.8 Å². The van der Waals surface area contributed by atoms with Gasteiger partial charge in [-0.25, -0.2) is 9.97 Å². The molecule has 0 aliphatic rings. The third kappa shape index (κ3) is 7.43. The molecule has 2 aromatic heterocycles. The number of oxazole rings is 1. The summed E-state index contributed by atoms with van der Waals surface area (Å²) in [7, 11) is 0. The monoisotopic (exact) mass is 525 g/mol. The minimum Gasteiger partial charge on any atom is -0.444 e. The topological polar surface area (TPSA) is 75.3 Å². The van der Waals surface area contributed by atoms with E-state index in [2.05, 4.69) is 57.0 Å². The molecular formula is C21H28IN5OS. The molecule has 0 aliphatic carbocycles. The Bertz CT molecular complexity index is 904. The molecule has 0 bridgehead atoms. The number of nitrogens with one attached hydrogen (secondary N) is 2. The molecule has 1 aromatic carbocycles. The molecule has 29 heavy (non-hydrogen) atoms. The van der Waals surface area contributed by atoms with Crippen LogP contribution in [0.5, 0.6) is 0 Å². The van der Waals surface area contributed by atoms with Crippen LogP contribution in [0.15, 0.2) is 45.3 Å². The Morgan fingerprint density at radius 2 is 1.86 bits per heavy atom. The van der Waals surface area contributed by atoms with Gasteiger partial charge in [0.15, 0.2) is 5.96 Å². The van der Waals surface area contributed by atoms with Gasteiger partial charge in [0.25, 0.3) is 0 Å². The van der Waals surface area contributed by atoms with Crippen LogP contribution in [0, 0.1) is 13.8 Å². The molecule has 0 fully saturated rings. The molecule has 0 saturated heterocycles. The number of hydrogen-bond donors (Lipinski definition) is 2. The highest BCUT2D eigenvalue weighted by molar-refractivity contribution is 14.0. The summed E-state index contributed by atoms with van der Waals surface area (Å²) < 4.78 is 5.61. The molecule has 3 rings (SSSR count). The highest BCUT2D eigenvalue weighted by Gasteiger charge is 2.07. The molecular weight excluding hydrogens is 497 g/mol. The summed E-state index contributed by atoms with van der Waals surface area (Å²) in [6.45, 7) is 8.43. The Kier molecular flexibility index (Phi) is 9.59. The van der Waals surface area contributed by atoms with Gasteiger partial charge in [0.2, 0.25) is 5.89 Å². The number of guanidine groups is 1. The van der Waals surface area contributed by atoms with Crippen LogP contribution in [0.1, 0.15) is 28.9 Å². The standard InChI is InChI=1S/C21H27N5OS.HI/c1-4-22-21(24-12-10-19-14-28-16(3)25-19)23-11-9-18-13-27-20(26-18)17-7-5-15(2)6-8-17;/h5-8,13-14H,4,9-12H2,1-3H3,(H2,22,23,24);1H. The van der Waals surface area contributed by atoms with Gasteiger partial charge in [-0.3, -0.25) is 4.99 Å². The van der Waals surface area contributed by atoms with E-state index in [4.69, 9.17) is 4.42 Å². The molecule has 0 saturated carbocycles. The molecule has 0 atom stereocenters. The lowest BCUT2D eigenvalue weighted by atomic mass is 10.1. The summed E-state index contributed by atoms with van der Waals surface area (Å²) >= 11 is 1.69. The quantitative estimate of drug-likeness (QED) is 0.260. The summed E-state index contributed by atoms with van der Waals surface area (Å²) in [5.41, 5.74) is 4.25. The van der Waals surface area contributed by atoms with Crippen molar-refractivity contribution < 1.29 is 4.42 Å². The average Bonchev–Trinajstić information content (AvgIpc) is 3.31. The molecule has 2 N–H and O–H groups in total. The minimum atomic E-state index is 0. The smallest absolute Gasteiger partial charge is 0.226 e. The molecule has 6 nitrogen and oxygen atoms in total. The maximum absolute atomic E-state index is 5.61. The Balaban J connectivity index is 0.00000300. The Labute approximate surface area is 193 Å². The van der Waals surface area contributed by atoms with Crippen LogP contribution >= 0.6 is 35.3 Å². The van der Waals surface area contributed by atoms with E-state index in [1.165, 1.54) is 5.56 Å². The number of aryl methyl sites for hydroxylation is 2. The molecule has 0 amide bonds. The van der Waals surface area contributed by atoms with Crippen molar-refractivity contribution in [3.8, 4) is 11.5 Å². The summed E-state index contributed by atoms with van der Waals surface area (Å²) in [4.78, 5) is 13.7. The Morgan fingerprint density at radius 3 is 2.55 bits per heavy atom. The maximum atomic E-state index is 5.61. The molecule has 156 valence electrons. The first-order chi connectivity index (χ1) is 13.6. The van der Waals surface area contributed by atoms with E-state index in [1.54, 1.807) is 17.6 Å². The Hall–Kier alpha value is -1.94. The summed E-state index contributed by atoms with van der Waals surface area (Å²) in [5.74, 6) is 1.47. The summed E-state index contributed by atoms with van der Waals surface area (Å²) in [6.07, 6.45) is 3.34. The lowest BCUT2D eigenvalue weighted by Gasteiger charge is -2.10. The molecule has 0 aliphatic heterocycles. The number of aromatic nitrogens is 2. The number of halogens is 1. The maximum Gasteiger partial charge on any atom is 0.226 e. The number of hydrogen-bond acceptors (Lipinski definition) is 5. The van der Waals surface area contributed by atoms with E-state index in [0.717, 1.165) is 53.8 Å². The second-order valence-electron chi connectivity index (χ2n) is 6.56. The zero-order valence-electron chi connectivity index (χ0n) is 17.1. The summed E-state index contributed by atoms with van der Waals surface area (Å²) in [6, 6.07) is 8.18. The zero-order chi connectivity index (χ0) is 19.8. The van der Waals surface area contributed by atoms with Crippen molar-refractivity contribution in [3.63, 3.8) is 0 Å². The fraction of sp³-hybridized carbons (Fsp3) is 0.381. The molecule has 0 spiro atoms. The normalized spacial score (nSPS) is 11.2. The first-order valence-corrected chi connectivity index (χ1v) is 10.5. The summed E-state index contributed by atoms with van der Waals surface area (Å²) in [5, 5.41) is 9.85. The number of thiazole rings is 1. The van der Waals surface area contributed by atoms with Crippen LogP contribution in [0.3, 0.4) is 0 Å². The predicted octanol–water partition coefficient (Wildman–Crippen LogP) is 4.37. The fourth-order valence-electron chi connectivity index (χ4n) is 2.71. The van der Waals surface area contributed by atoms with E-state index in [1.807, 2.05) is 19.1 Å². The Morgan fingerprint density at radius 1 is 1.07 bits per heavy atom. The van der Waals surface area contributed by atoms with Gasteiger partial charge in [-0.05, 0) is 32.9 Å². The molecule has 2 heterocycles. The van der Waals surface area contributed by atoms with Crippen molar-refractivity contribution in [2.75, 3.05) is 19.6 Å². The van der Waals surface area contributed by atoms with E-state index in [-0.39, 0.29) is 24.0 Å². The van der Waals surface area contributed by atoms with Gasteiger partial charge in [0, 0.05) is 43.4 Å². The second-order valence-corrected chi connectivity index (χ2v) is 7.62. The molecule has 0 radical (unpaired) electrons. The van der Waals surface area contributed by atoms with Crippen molar-refractivity contribution in [3.05, 3.63) is 57.9 Å². The van der Waals surface area contributed by atoms with E-state index in [0.29, 0.717) is 12.4 Å². The van der Waals surface area contributed by atoms with Gasteiger partial charge < -0.3 is 15.1 Å². The van der Waals surface area contributed by atoms with E-state index in [9.17, 15) is 0 Å². The number of benzene rings is 1. The SMILES string of the molecule is CCNC(=NCCc1coc(-c2ccc(C)cc2)n1)NCCc1csc(C)n1.I. The minimum absolute atomic E-state index is 0. The van der Waals surface area contributed by atoms with Gasteiger partial charge in [0.05, 0.1) is 16.4 Å². The van der Waals surface area contributed by atoms with Crippen LogP contribution < -0.4 is 10.6 Å². The van der Waals surface area contributed by atoms with Crippen LogP contribution in [-0.4, -0.2) is 35.6 Å². The number of rotatable bonds is 8. The largest absolute Gasteiger partial charge is 0.444 e. The van der Waals surface area contributed by atoms with Crippen LogP contribution in [0.4, 0.5) is 0 Å². The van der Waals surface area contributed by atoms with Gasteiger partial charge in [-0.2, -0.15) is 0 Å². The van der Waals surface area contributed by atoms with E-state index < -0.39 is 0 Å². The third-order valence-electron chi connectivity index (χ3n) is 4.17. The zero-order valence-corrected chi connectivity index (χ0v) is 20.2. The molecule has 3 aromatic rings. The molecule has 8 heteroatoms. The van der Waals surface area contributed by atoms with Crippen LogP contribution in [0.25, 0.3) is 11.5 Å². The fourth-order valence-corrected chi connectivity index (χ4v) is 3.35. The third-order valence-corrected chi connectivity index (χ3v) is 4.99. The van der Waals surface area contributed by atoms with Gasteiger partial charge >= 0.3 is 0 Å². The lowest BCUT2D eigenvalue weighted by molar-refractivity contribution is 0.572. The number of nitrogens with zero attached hydrogens (tertiary/aromatic N) is 3.